The van der Waals surface area contributed by atoms with Crippen LogP contribution in [0.1, 0.15) is 18.5 Å². The standard InChI is InChI=1S/C17H20N4O7/c1-9(10-4-2-3-5-11(10)21(26)27)18-13-6-7-20(17(25)19-13)16-15(24)14(23)12(8-22)28-16/h2-7,9,12-14,18,22-24H,8H2,1H3,(H,19,25)/t9-,12+,13?,14-/m0/s1. The smallest absolute Gasteiger partial charge is 0.329 e. The Labute approximate surface area is 159 Å². The number of nitrogens with zero attached hydrogens (tertiary/aromatic N) is 2. The molecule has 1 aromatic rings. The molecule has 2 aliphatic heterocycles. The Kier molecular flexibility index (Phi) is 5.49. The Balaban J connectivity index is 1.72. The van der Waals surface area contributed by atoms with Crippen molar-refractivity contribution in [2.45, 2.75) is 31.3 Å². The minimum atomic E-state index is -1.43. The number of benzene rings is 1. The van der Waals surface area contributed by atoms with Gasteiger partial charge >= 0.3 is 6.03 Å². The maximum atomic E-state index is 12.4. The Morgan fingerprint density at radius 1 is 1.43 bits per heavy atom. The third kappa shape index (κ3) is 3.63. The molecule has 0 aliphatic carbocycles. The Bertz CT molecular complexity index is 841. The minimum absolute atomic E-state index is 0.0336. The summed E-state index contributed by atoms with van der Waals surface area (Å²) >= 11 is 0. The largest absolute Gasteiger partial charge is 0.505 e. The first kappa shape index (κ1) is 19.6. The van der Waals surface area contributed by atoms with Gasteiger partial charge < -0.3 is 25.4 Å². The molecule has 4 atom stereocenters. The molecule has 5 N–H and O–H groups in total. The summed E-state index contributed by atoms with van der Waals surface area (Å²) in [5.74, 6) is -0.830. The van der Waals surface area contributed by atoms with Crippen LogP contribution in [0.5, 0.6) is 0 Å². The van der Waals surface area contributed by atoms with Gasteiger partial charge in [0, 0.05) is 23.9 Å². The van der Waals surface area contributed by atoms with Crippen molar-refractivity contribution in [3.8, 4) is 0 Å². The Hall–Kier alpha value is -3.15. The fraction of sp³-hybridized carbons (Fsp3) is 0.353. The SMILES string of the molecule is C[C@H](NC1C=CN(C2=C(O)[C@@H](O)[C@@H](CO)O2)C(=O)N1)c1ccccc1[N+](=O)[O-]. The van der Waals surface area contributed by atoms with Gasteiger partial charge in [-0.2, -0.15) is 0 Å². The summed E-state index contributed by atoms with van der Waals surface area (Å²) in [5, 5.41) is 45.7. The fourth-order valence-corrected chi connectivity index (χ4v) is 3.01. The summed E-state index contributed by atoms with van der Waals surface area (Å²) in [5.41, 5.74) is 0.430. The summed E-state index contributed by atoms with van der Waals surface area (Å²) in [6, 6.07) is 5.20. The van der Waals surface area contributed by atoms with E-state index in [9.17, 15) is 25.1 Å². The second-order valence-electron chi connectivity index (χ2n) is 6.32. The number of hydrogen-bond donors (Lipinski definition) is 5. The molecule has 2 heterocycles. The molecule has 11 nitrogen and oxygen atoms in total. The molecule has 0 bridgehead atoms. The lowest BCUT2D eigenvalue weighted by molar-refractivity contribution is -0.385. The highest BCUT2D eigenvalue weighted by molar-refractivity contribution is 5.79. The zero-order valence-electron chi connectivity index (χ0n) is 14.8. The van der Waals surface area contributed by atoms with Gasteiger partial charge in [-0.25, -0.2) is 9.69 Å². The summed E-state index contributed by atoms with van der Waals surface area (Å²) in [6.45, 7) is 1.19. The molecule has 11 heteroatoms. The first-order valence-electron chi connectivity index (χ1n) is 8.49. The van der Waals surface area contributed by atoms with E-state index in [4.69, 9.17) is 9.84 Å². The number of nitro groups is 1. The van der Waals surface area contributed by atoms with Gasteiger partial charge in [-0.15, -0.1) is 0 Å². The first-order valence-corrected chi connectivity index (χ1v) is 8.49. The molecular weight excluding hydrogens is 372 g/mol. The van der Waals surface area contributed by atoms with Crippen molar-refractivity contribution in [2.75, 3.05) is 6.61 Å². The monoisotopic (exact) mass is 392 g/mol. The molecule has 28 heavy (non-hydrogen) atoms. The third-order valence-corrected chi connectivity index (χ3v) is 4.47. The number of nitrogens with one attached hydrogen (secondary N) is 2. The molecular formula is C17H20N4O7. The maximum absolute atomic E-state index is 12.4. The Morgan fingerprint density at radius 2 is 2.14 bits per heavy atom. The van der Waals surface area contributed by atoms with Crippen molar-refractivity contribution < 1.29 is 29.8 Å². The molecule has 0 saturated carbocycles. The van der Waals surface area contributed by atoms with Crippen LogP contribution in [0, 0.1) is 10.1 Å². The average Bonchev–Trinajstić information content (AvgIpc) is 2.96. The highest BCUT2D eigenvalue weighted by Gasteiger charge is 2.40. The van der Waals surface area contributed by atoms with Crippen molar-refractivity contribution in [1.82, 2.24) is 15.5 Å². The van der Waals surface area contributed by atoms with E-state index in [0.717, 1.165) is 4.90 Å². The van der Waals surface area contributed by atoms with Crippen molar-refractivity contribution >= 4 is 11.7 Å². The third-order valence-electron chi connectivity index (χ3n) is 4.47. The molecule has 0 aromatic heterocycles. The van der Waals surface area contributed by atoms with E-state index in [2.05, 4.69) is 10.6 Å². The first-order chi connectivity index (χ1) is 13.3. The van der Waals surface area contributed by atoms with E-state index in [1.54, 1.807) is 31.2 Å². The van der Waals surface area contributed by atoms with Crippen molar-refractivity contribution in [1.29, 1.82) is 0 Å². The van der Waals surface area contributed by atoms with Crippen LogP contribution in [0.4, 0.5) is 10.5 Å². The number of hydrogen-bond acceptors (Lipinski definition) is 8. The van der Waals surface area contributed by atoms with Crippen LogP contribution >= 0.6 is 0 Å². The summed E-state index contributed by atoms with van der Waals surface area (Å²) in [6.07, 6.45) is -0.252. The van der Waals surface area contributed by atoms with E-state index in [1.165, 1.54) is 12.3 Å². The molecule has 0 spiro atoms. The van der Waals surface area contributed by atoms with Crippen LogP contribution in [0.3, 0.4) is 0 Å². The van der Waals surface area contributed by atoms with E-state index < -0.39 is 47.7 Å². The van der Waals surface area contributed by atoms with Gasteiger partial charge in [-0.3, -0.25) is 15.4 Å². The highest BCUT2D eigenvalue weighted by Crippen LogP contribution is 2.28. The lowest BCUT2D eigenvalue weighted by Crippen LogP contribution is -2.52. The number of ether oxygens (including phenoxy) is 1. The lowest BCUT2D eigenvalue weighted by Gasteiger charge is -2.30. The number of carbonyl (C=O) groups excluding carboxylic acids is 1. The predicted octanol–water partition coefficient (Wildman–Crippen LogP) is 0.589. The maximum Gasteiger partial charge on any atom is 0.329 e. The Morgan fingerprint density at radius 3 is 2.75 bits per heavy atom. The zero-order valence-corrected chi connectivity index (χ0v) is 14.8. The molecule has 0 fully saturated rings. The molecule has 0 saturated heterocycles. The van der Waals surface area contributed by atoms with Gasteiger partial charge in [0.05, 0.1) is 11.5 Å². The van der Waals surface area contributed by atoms with Crippen LogP contribution in [-0.4, -0.2) is 56.2 Å². The van der Waals surface area contributed by atoms with E-state index >= 15 is 0 Å². The van der Waals surface area contributed by atoms with Gasteiger partial charge in [0.1, 0.15) is 6.17 Å². The summed E-state index contributed by atoms with van der Waals surface area (Å²) in [4.78, 5) is 24.0. The number of amides is 2. The van der Waals surface area contributed by atoms with Crippen LogP contribution in [-0.2, 0) is 4.74 Å². The summed E-state index contributed by atoms with van der Waals surface area (Å²) < 4.78 is 5.22. The number of para-hydroxylation sites is 1. The van der Waals surface area contributed by atoms with Gasteiger partial charge in [-0.1, -0.05) is 18.2 Å². The second kappa shape index (κ2) is 7.84. The molecule has 1 unspecified atom stereocenters. The quantitative estimate of drug-likeness (QED) is 0.348. The van der Waals surface area contributed by atoms with E-state index in [1.807, 2.05) is 0 Å². The van der Waals surface area contributed by atoms with Gasteiger partial charge in [-0.05, 0) is 13.0 Å². The number of rotatable bonds is 6. The van der Waals surface area contributed by atoms with Crippen molar-refractivity contribution in [3.05, 3.63) is 63.9 Å². The number of aliphatic hydroxyl groups is 3. The van der Waals surface area contributed by atoms with Crippen LogP contribution in [0.2, 0.25) is 0 Å². The molecule has 1 aromatic carbocycles. The molecule has 2 amide bonds. The van der Waals surface area contributed by atoms with Crippen LogP contribution in [0.25, 0.3) is 0 Å². The number of nitro benzene ring substituents is 1. The van der Waals surface area contributed by atoms with Crippen LogP contribution in [0.15, 0.2) is 48.2 Å². The van der Waals surface area contributed by atoms with Gasteiger partial charge in [0.15, 0.2) is 18.0 Å². The second-order valence-corrected chi connectivity index (χ2v) is 6.32. The normalized spacial score (nSPS) is 25.5. The minimum Gasteiger partial charge on any atom is -0.505 e. The number of urea groups is 1. The van der Waals surface area contributed by atoms with E-state index in [-0.39, 0.29) is 11.6 Å². The number of carbonyl (C=O) groups is 1. The van der Waals surface area contributed by atoms with E-state index in [0.29, 0.717) is 5.56 Å². The fourth-order valence-electron chi connectivity index (χ4n) is 3.01. The molecule has 2 aliphatic rings. The van der Waals surface area contributed by atoms with Crippen LogP contribution < -0.4 is 10.6 Å². The topological polar surface area (TPSA) is 157 Å². The molecule has 3 rings (SSSR count). The molecule has 150 valence electrons. The lowest BCUT2D eigenvalue weighted by atomic mass is 10.1. The number of aliphatic hydroxyl groups excluding tert-OH is 3. The summed E-state index contributed by atoms with van der Waals surface area (Å²) in [7, 11) is 0. The predicted molar refractivity (Wildman–Crippen MR) is 95.6 cm³/mol. The average molecular weight is 392 g/mol. The zero-order chi connectivity index (χ0) is 20.4. The highest BCUT2D eigenvalue weighted by atomic mass is 16.6. The van der Waals surface area contributed by atoms with Gasteiger partial charge in [0.2, 0.25) is 5.88 Å². The van der Waals surface area contributed by atoms with Gasteiger partial charge in [0.25, 0.3) is 5.69 Å². The van der Waals surface area contributed by atoms with Crippen molar-refractivity contribution in [2.24, 2.45) is 0 Å². The molecule has 0 radical (unpaired) electrons. The van der Waals surface area contributed by atoms with Crippen molar-refractivity contribution in [3.63, 3.8) is 0 Å².